The minimum Gasteiger partial charge on any atom is -0.320 e. The highest BCUT2D eigenvalue weighted by Crippen LogP contribution is 2.45. The van der Waals surface area contributed by atoms with Gasteiger partial charge in [-0.05, 0) is 18.1 Å². The Kier molecular flexibility index (Phi) is 4.33. The third-order valence-corrected chi connectivity index (χ3v) is 4.60. The van der Waals surface area contributed by atoms with Crippen LogP contribution < -0.4 is 9.13 Å². The molecule has 0 aromatic carbocycles. The van der Waals surface area contributed by atoms with E-state index in [9.17, 15) is 14.4 Å². The fraction of sp³-hybridized carbons (Fsp3) is 0.286. The standard InChI is InChI=1S/C14H17N2O3P/c1-3-15-8-4-13(5-9-15)14-6-10-16(11-7-14)12(2)20(17,18)19/h4-12H,3H2,1-2H3/p+2. The molecular formula is C14H19N2O3P+2. The highest BCUT2D eigenvalue weighted by atomic mass is 31.2. The molecule has 2 heterocycles. The molecule has 20 heavy (non-hydrogen) atoms. The van der Waals surface area contributed by atoms with Gasteiger partial charge in [0, 0.05) is 31.2 Å². The van der Waals surface area contributed by atoms with Gasteiger partial charge in [-0.2, -0.15) is 4.57 Å². The van der Waals surface area contributed by atoms with Gasteiger partial charge in [-0.15, -0.1) is 0 Å². The number of hydrogen-bond acceptors (Lipinski definition) is 1. The Balaban J connectivity index is 2.25. The van der Waals surface area contributed by atoms with Gasteiger partial charge in [0.2, 0.25) is 0 Å². The van der Waals surface area contributed by atoms with Crippen LogP contribution in [0.2, 0.25) is 0 Å². The normalized spacial score (nSPS) is 13.2. The monoisotopic (exact) mass is 294 g/mol. The van der Waals surface area contributed by atoms with Crippen LogP contribution in [0.5, 0.6) is 0 Å². The van der Waals surface area contributed by atoms with E-state index in [1.165, 1.54) is 11.5 Å². The summed E-state index contributed by atoms with van der Waals surface area (Å²) in [6.45, 7) is 4.51. The lowest BCUT2D eigenvalue weighted by atomic mass is 10.1. The zero-order chi connectivity index (χ0) is 14.8. The van der Waals surface area contributed by atoms with Crippen LogP contribution in [0.3, 0.4) is 0 Å². The van der Waals surface area contributed by atoms with Crippen molar-refractivity contribution in [3.05, 3.63) is 49.1 Å². The summed E-state index contributed by atoms with van der Waals surface area (Å²) in [6.07, 6.45) is 7.41. The number of aromatic nitrogens is 2. The largest absolute Gasteiger partial charge is 0.392 e. The van der Waals surface area contributed by atoms with Gasteiger partial charge in [-0.3, -0.25) is 4.57 Å². The molecule has 1 atom stereocenters. The zero-order valence-electron chi connectivity index (χ0n) is 11.5. The van der Waals surface area contributed by atoms with Gasteiger partial charge in [0.1, 0.15) is 6.54 Å². The first-order chi connectivity index (χ1) is 9.41. The van der Waals surface area contributed by atoms with E-state index < -0.39 is 13.4 Å². The lowest BCUT2D eigenvalue weighted by Gasteiger charge is -2.09. The van der Waals surface area contributed by atoms with Gasteiger partial charge in [-0.1, -0.05) is 0 Å². The smallest absolute Gasteiger partial charge is 0.320 e. The van der Waals surface area contributed by atoms with Crippen molar-refractivity contribution in [2.75, 3.05) is 0 Å². The Morgan fingerprint density at radius 3 is 1.90 bits per heavy atom. The molecule has 6 heteroatoms. The fourth-order valence-corrected chi connectivity index (χ4v) is 2.42. The average molecular weight is 294 g/mol. The molecule has 2 N–H and O–H groups in total. The quantitative estimate of drug-likeness (QED) is 0.665. The summed E-state index contributed by atoms with van der Waals surface area (Å²) in [5.74, 6) is -0.852. The van der Waals surface area contributed by atoms with Crippen LogP contribution >= 0.6 is 7.60 Å². The Morgan fingerprint density at radius 1 is 1.05 bits per heavy atom. The maximum atomic E-state index is 11.2. The topological polar surface area (TPSA) is 65.3 Å². The zero-order valence-corrected chi connectivity index (χ0v) is 12.4. The van der Waals surface area contributed by atoms with E-state index in [1.807, 2.05) is 36.7 Å². The highest BCUT2D eigenvalue weighted by molar-refractivity contribution is 7.51. The maximum Gasteiger partial charge on any atom is 0.392 e. The third-order valence-electron chi connectivity index (χ3n) is 3.36. The van der Waals surface area contributed by atoms with Gasteiger partial charge < -0.3 is 9.79 Å². The van der Waals surface area contributed by atoms with Crippen LogP contribution in [0.25, 0.3) is 11.1 Å². The molecule has 0 spiro atoms. The molecule has 106 valence electrons. The van der Waals surface area contributed by atoms with Crippen molar-refractivity contribution in [1.29, 1.82) is 0 Å². The van der Waals surface area contributed by atoms with Gasteiger partial charge >= 0.3 is 7.60 Å². The predicted molar refractivity (Wildman–Crippen MR) is 74.7 cm³/mol. The molecule has 1 unspecified atom stereocenters. The van der Waals surface area contributed by atoms with Crippen molar-refractivity contribution in [2.45, 2.75) is 26.2 Å². The summed E-state index contributed by atoms with van der Waals surface area (Å²) >= 11 is 0. The van der Waals surface area contributed by atoms with Crippen LogP contribution in [0.15, 0.2) is 49.1 Å². The van der Waals surface area contributed by atoms with E-state index in [4.69, 9.17) is 0 Å². The van der Waals surface area contributed by atoms with Crippen LogP contribution in [0.4, 0.5) is 0 Å². The molecule has 0 bridgehead atoms. The van der Waals surface area contributed by atoms with Gasteiger partial charge in [-0.25, -0.2) is 4.57 Å². The molecule has 2 aromatic rings. The number of aryl methyl sites for hydroxylation is 1. The SMILES string of the molecule is CC[n+]1ccc(-c2cc[n+](C(C)P(=O)(O)O)cc2)cc1. The van der Waals surface area contributed by atoms with Gasteiger partial charge in [0.05, 0.1) is 0 Å². The Labute approximate surface area is 118 Å². The van der Waals surface area contributed by atoms with Gasteiger partial charge in [0.25, 0.3) is 5.78 Å². The van der Waals surface area contributed by atoms with E-state index in [-0.39, 0.29) is 0 Å². The summed E-state index contributed by atoms with van der Waals surface area (Å²) < 4.78 is 14.8. The molecular weight excluding hydrogens is 275 g/mol. The minimum atomic E-state index is -4.12. The van der Waals surface area contributed by atoms with Crippen molar-refractivity contribution in [3.63, 3.8) is 0 Å². The second-order valence-corrected chi connectivity index (χ2v) is 6.60. The van der Waals surface area contributed by atoms with Crippen LogP contribution in [0.1, 0.15) is 19.6 Å². The van der Waals surface area contributed by atoms with Crippen molar-refractivity contribution in [2.24, 2.45) is 0 Å². The summed E-state index contributed by atoms with van der Waals surface area (Å²) in [5, 5.41) is 0. The summed E-state index contributed by atoms with van der Waals surface area (Å²) in [5.41, 5.74) is 2.09. The Bertz CT molecular complexity index is 620. The third kappa shape index (κ3) is 3.31. The number of hydrogen-bond donors (Lipinski definition) is 2. The molecule has 0 aliphatic heterocycles. The van der Waals surface area contributed by atoms with E-state index in [0.717, 1.165) is 17.7 Å². The number of nitrogens with zero attached hydrogens (tertiary/aromatic N) is 2. The van der Waals surface area contributed by atoms with E-state index in [0.29, 0.717) is 0 Å². The molecule has 0 aliphatic carbocycles. The second-order valence-electron chi connectivity index (χ2n) is 4.67. The maximum absolute atomic E-state index is 11.2. The van der Waals surface area contributed by atoms with Crippen molar-refractivity contribution in [1.82, 2.24) is 0 Å². The summed E-state index contributed by atoms with van der Waals surface area (Å²) in [4.78, 5) is 18.3. The lowest BCUT2D eigenvalue weighted by molar-refractivity contribution is -0.701. The van der Waals surface area contributed by atoms with E-state index in [1.54, 1.807) is 12.4 Å². The second kappa shape index (κ2) is 5.83. The number of pyridine rings is 2. The van der Waals surface area contributed by atoms with E-state index >= 15 is 0 Å². The molecule has 5 nitrogen and oxygen atoms in total. The van der Waals surface area contributed by atoms with Crippen molar-refractivity contribution in [3.8, 4) is 11.1 Å². The lowest BCUT2D eigenvalue weighted by Crippen LogP contribution is -2.36. The molecule has 0 radical (unpaired) electrons. The fourth-order valence-electron chi connectivity index (χ4n) is 1.91. The first-order valence-corrected chi connectivity index (χ1v) is 8.15. The molecule has 0 saturated carbocycles. The Hall–Kier alpha value is -1.55. The summed E-state index contributed by atoms with van der Waals surface area (Å²) in [6, 6.07) is 7.76. The number of rotatable bonds is 4. The highest BCUT2D eigenvalue weighted by Gasteiger charge is 2.32. The van der Waals surface area contributed by atoms with Gasteiger partial charge in [0.15, 0.2) is 24.8 Å². The van der Waals surface area contributed by atoms with Crippen molar-refractivity contribution < 1.29 is 23.5 Å². The molecule has 0 amide bonds. The van der Waals surface area contributed by atoms with Crippen LogP contribution in [0, 0.1) is 0 Å². The van der Waals surface area contributed by atoms with Crippen LogP contribution in [-0.4, -0.2) is 9.79 Å². The molecule has 0 fully saturated rings. The molecule has 2 rings (SSSR count). The minimum absolute atomic E-state index is 0.852. The molecule has 0 aliphatic rings. The average Bonchev–Trinajstić information content (AvgIpc) is 2.46. The summed E-state index contributed by atoms with van der Waals surface area (Å²) in [7, 11) is -4.12. The first kappa shape index (κ1) is 14.9. The van der Waals surface area contributed by atoms with Crippen molar-refractivity contribution >= 4 is 7.60 Å². The van der Waals surface area contributed by atoms with Crippen LogP contribution in [-0.2, 0) is 11.1 Å². The molecule has 2 aromatic heterocycles. The first-order valence-electron chi connectivity index (χ1n) is 6.47. The molecule has 0 saturated heterocycles. The predicted octanol–water partition coefficient (Wildman–Crippen LogP) is 1.64. The van der Waals surface area contributed by atoms with E-state index in [2.05, 4.69) is 11.5 Å². The Morgan fingerprint density at radius 2 is 1.50 bits per heavy atom.